The third-order valence-electron chi connectivity index (χ3n) is 4.15. The summed E-state index contributed by atoms with van der Waals surface area (Å²) < 4.78 is 15.7. The lowest BCUT2D eigenvalue weighted by Gasteiger charge is -2.14. The molecule has 8 heteroatoms. The number of fused-ring (bicyclic) bond motifs is 1. The molecule has 28 heavy (non-hydrogen) atoms. The molecule has 1 aromatic heterocycles. The largest absolute Gasteiger partial charge is 0.493 e. The number of aromatic nitrogens is 2. The molecule has 0 spiro atoms. The molecule has 0 aliphatic carbocycles. The number of nitrogens with zero attached hydrogens (tertiary/aromatic N) is 2. The van der Waals surface area contributed by atoms with Gasteiger partial charge in [0.1, 0.15) is 12.1 Å². The van der Waals surface area contributed by atoms with Crippen molar-refractivity contribution in [1.82, 2.24) is 9.97 Å². The number of rotatable bonds is 6. The van der Waals surface area contributed by atoms with Gasteiger partial charge in [-0.05, 0) is 37.6 Å². The van der Waals surface area contributed by atoms with Crippen molar-refractivity contribution in [2.24, 2.45) is 0 Å². The Labute approximate surface area is 162 Å². The maximum absolute atomic E-state index is 11.7. The van der Waals surface area contributed by atoms with Crippen molar-refractivity contribution in [2.45, 2.75) is 13.8 Å². The van der Waals surface area contributed by atoms with Crippen molar-refractivity contribution in [2.75, 3.05) is 31.5 Å². The van der Waals surface area contributed by atoms with E-state index >= 15 is 0 Å². The highest BCUT2D eigenvalue weighted by Gasteiger charge is 2.12. The molecule has 146 valence electrons. The Bertz CT molecular complexity index is 1010. The number of carbonyl (C=O) groups is 1. The Morgan fingerprint density at radius 3 is 2.54 bits per heavy atom. The lowest BCUT2D eigenvalue weighted by molar-refractivity contribution is 0.168. The van der Waals surface area contributed by atoms with Crippen LogP contribution in [0.15, 0.2) is 36.7 Å². The number of hydrogen-bond donors (Lipinski definition) is 2. The number of ether oxygens (including phenoxy) is 3. The van der Waals surface area contributed by atoms with Gasteiger partial charge < -0.3 is 19.5 Å². The smallest absolute Gasteiger partial charge is 0.411 e. The van der Waals surface area contributed by atoms with Crippen molar-refractivity contribution in [3.05, 3.63) is 42.2 Å². The van der Waals surface area contributed by atoms with Gasteiger partial charge in [0.25, 0.3) is 0 Å². The first kappa shape index (κ1) is 19.2. The number of benzene rings is 2. The van der Waals surface area contributed by atoms with Crippen LogP contribution < -0.4 is 20.1 Å². The van der Waals surface area contributed by atoms with Crippen LogP contribution in [0.2, 0.25) is 0 Å². The first-order chi connectivity index (χ1) is 13.5. The zero-order valence-corrected chi connectivity index (χ0v) is 16.2. The SMILES string of the molecule is CCOC(=O)Nc1cc(Nc2ncnc3cc(OC)c(OC)cc23)ccc1C. The predicted molar refractivity (Wildman–Crippen MR) is 108 cm³/mol. The third-order valence-corrected chi connectivity index (χ3v) is 4.15. The lowest BCUT2D eigenvalue weighted by atomic mass is 10.1. The number of aryl methyl sites for hydroxylation is 1. The van der Waals surface area contributed by atoms with E-state index < -0.39 is 6.09 Å². The summed E-state index contributed by atoms with van der Waals surface area (Å²) >= 11 is 0. The summed E-state index contributed by atoms with van der Waals surface area (Å²) in [6.45, 7) is 3.97. The van der Waals surface area contributed by atoms with Crippen LogP contribution in [0.3, 0.4) is 0 Å². The minimum Gasteiger partial charge on any atom is -0.493 e. The van der Waals surface area contributed by atoms with Gasteiger partial charge in [-0.25, -0.2) is 14.8 Å². The Kier molecular flexibility index (Phi) is 5.78. The summed E-state index contributed by atoms with van der Waals surface area (Å²) in [5.74, 6) is 1.79. The predicted octanol–water partition coefficient (Wildman–Crippen LogP) is 4.27. The van der Waals surface area contributed by atoms with Crippen molar-refractivity contribution in [3.8, 4) is 11.5 Å². The quantitative estimate of drug-likeness (QED) is 0.657. The molecule has 0 radical (unpaired) electrons. The molecule has 0 fully saturated rings. The molecule has 0 saturated carbocycles. The van der Waals surface area contributed by atoms with Gasteiger partial charge in [0.15, 0.2) is 11.5 Å². The molecule has 2 aromatic carbocycles. The topological polar surface area (TPSA) is 94.6 Å². The summed E-state index contributed by atoms with van der Waals surface area (Å²) in [5, 5.41) is 6.78. The fraction of sp³-hybridized carbons (Fsp3) is 0.250. The van der Waals surface area contributed by atoms with E-state index in [-0.39, 0.29) is 0 Å². The van der Waals surface area contributed by atoms with E-state index in [1.54, 1.807) is 27.2 Å². The van der Waals surface area contributed by atoms with Gasteiger partial charge >= 0.3 is 6.09 Å². The van der Waals surface area contributed by atoms with E-state index in [4.69, 9.17) is 14.2 Å². The monoisotopic (exact) mass is 382 g/mol. The van der Waals surface area contributed by atoms with E-state index in [1.165, 1.54) is 6.33 Å². The van der Waals surface area contributed by atoms with Gasteiger partial charge in [-0.15, -0.1) is 0 Å². The highest BCUT2D eigenvalue weighted by atomic mass is 16.5. The molecule has 3 rings (SSSR count). The average Bonchev–Trinajstić information content (AvgIpc) is 2.70. The number of amides is 1. The normalized spacial score (nSPS) is 10.4. The zero-order valence-electron chi connectivity index (χ0n) is 16.2. The molecule has 0 bridgehead atoms. The number of methoxy groups -OCH3 is 2. The van der Waals surface area contributed by atoms with Crippen molar-refractivity contribution < 1.29 is 19.0 Å². The lowest BCUT2D eigenvalue weighted by Crippen LogP contribution is -2.14. The van der Waals surface area contributed by atoms with E-state index in [0.717, 1.165) is 16.6 Å². The van der Waals surface area contributed by atoms with E-state index in [2.05, 4.69) is 20.6 Å². The van der Waals surface area contributed by atoms with Crippen LogP contribution in [0.1, 0.15) is 12.5 Å². The van der Waals surface area contributed by atoms with Crippen molar-refractivity contribution in [1.29, 1.82) is 0 Å². The maximum atomic E-state index is 11.7. The molecular formula is C20H22N4O4. The summed E-state index contributed by atoms with van der Waals surface area (Å²) in [4.78, 5) is 20.4. The fourth-order valence-corrected chi connectivity index (χ4v) is 2.73. The van der Waals surface area contributed by atoms with Crippen LogP contribution in [0.4, 0.5) is 22.0 Å². The summed E-state index contributed by atoms with van der Waals surface area (Å²) in [6, 6.07) is 9.24. The molecule has 1 amide bonds. The van der Waals surface area contributed by atoms with Gasteiger partial charge in [-0.2, -0.15) is 0 Å². The molecule has 0 unspecified atom stereocenters. The van der Waals surface area contributed by atoms with Gasteiger partial charge in [0, 0.05) is 22.8 Å². The Balaban J connectivity index is 1.95. The van der Waals surface area contributed by atoms with Gasteiger partial charge in [-0.1, -0.05) is 6.07 Å². The van der Waals surface area contributed by atoms with E-state index in [1.807, 2.05) is 31.2 Å². The Morgan fingerprint density at radius 2 is 1.82 bits per heavy atom. The molecule has 3 aromatic rings. The third kappa shape index (κ3) is 4.06. The standard InChI is InChI=1S/C20H22N4O4/c1-5-28-20(25)24-15-8-13(7-6-12(15)2)23-19-14-9-17(26-3)18(27-4)10-16(14)21-11-22-19/h6-11H,5H2,1-4H3,(H,24,25)(H,21,22,23). The van der Waals surface area contributed by atoms with Crippen molar-refractivity contribution >= 4 is 34.2 Å². The molecule has 0 aliphatic heterocycles. The molecule has 8 nitrogen and oxygen atoms in total. The van der Waals surface area contributed by atoms with Crippen LogP contribution >= 0.6 is 0 Å². The summed E-state index contributed by atoms with van der Waals surface area (Å²) in [6.07, 6.45) is 0.981. The maximum Gasteiger partial charge on any atom is 0.411 e. The number of nitrogens with one attached hydrogen (secondary N) is 2. The second-order valence-corrected chi connectivity index (χ2v) is 5.95. The zero-order chi connectivity index (χ0) is 20.1. The second kappa shape index (κ2) is 8.43. The number of anilines is 3. The number of carbonyl (C=O) groups excluding carboxylic acids is 1. The second-order valence-electron chi connectivity index (χ2n) is 5.95. The fourth-order valence-electron chi connectivity index (χ4n) is 2.73. The van der Waals surface area contributed by atoms with Crippen LogP contribution in [0.5, 0.6) is 11.5 Å². The Hall–Kier alpha value is -3.55. The highest BCUT2D eigenvalue weighted by molar-refractivity contribution is 5.93. The van der Waals surface area contributed by atoms with Crippen LogP contribution in [0, 0.1) is 6.92 Å². The highest BCUT2D eigenvalue weighted by Crippen LogP contribution is 2.34. The van der Waals surface area contributed by atoms with Crippen LogP contribution in [0.25, 0.3) is 10.9 Å². The molecule has 0 aliphatic rings. The summed E-state index contributed by atoms with van der Waals surface area (Å²) in [5.41, 5.74) is 3.04. The van der Waals surface area contributed by atoms with Crippen LogP contribution in [-0.2, 0) is 4.74 Å². The first-order valence-electron chi connectivity index (χ1n) is 8.74. The Morgan fingerprint density at radius 1 is 1.07 bits per heavy atom. The molecule has 0 saturated heterocycles. The summed E-state index contributed by atoms with van der Waals surface area (Å²) in [7, 11) is 3.16. The minimum absolute atomic E-state index is 0.307. The van der Waals surface area contributed by atoms with Crippen molar-refractivity contribution in [3.63, 3.8) is 0 Å². The van der Waals surface area contributed by atoms with E-state index in [9.17, 15) is 4.79 Å². The van der Waals surface area contributed by atoms with Gasteiger partial charge in [0.2, 0.25) is 0 Å². The molecule has 1 heterocycles. The average molecular weight is 382 g/mol. The first-order valence-corrected chi connectivity index (χ1v) is 8.74. The van der Waals surface area contributed by atoms with Gasteiger partial charge in [-0.3, -0.25) is 5.32 Å². The number of hydrogen-bond acceptors (Lipinski definition) is 7. The minimum atomic E-state index is -0.493. The molecule has 0 atom stereocenters. The molecular weight excluding hydrogens is 360 g/mol. The molecule has 2 N–H and O–H groups in total. The van der Waals surface area contributed by atoms with Crippen LogP contribution in [-0.4, -0.2) is 36.9 Å². The van der Waals surface area contributed by atoms with Gasteiger partial charge in [0.05, 0.1) is 26.3 Å². The van der Waals surface area contributed by atoms with E-state index in [0.29, 0.717) is 35.1 Å².